The number of thioether (sulfide) groups is 1. The lowest BCUT2D eigenvalue weighted by Crippen LogP contribution is -2.30. The minimum absolute atomic E-state index is 0.108. The summed E-state index contributed by atoms with van der Waals surface area (Å²) in [4.78, 5) is 27.6. The van der Waals surface area contributed by atoms with Gasteiger partial charge in [-0.15, -0.1) is 0 Å². The number of pyridine rings is 1. The number of rotatable bonds is 11. The molecule has 34 heavy (non-hydrogen) atoms. The highest BCUT2D eigenvalue weighted by Crippen LogP contribution is 2.34. The van der Waals surface area contributed by atoms with Gasteiger partial charge in [0.25, 0.3) is 0 Å². The number of aromatic nitrogens is 1. The number of hydrogen-bond donors (Lipinski definition) is 1. The Hall–Kier alpha value is -3.28. The number of ether oxygens (including phenoxy) is 2. The van der Waals surface area contributed by atoms with Crippen molar-refractivity contribution < 1.29 is 19.1 Å². The predicted molar refractivity (Wildman–Crippen MR) is 133 cm³/mol. The molecule has 0 spiro atoms. The van der Waals surface area contributed by atoms with E-state index in [9.17, 15) is 14.9 Å². The molecule has 0 saturated carbocycles. The van der Waals surface area contributed by atoms with Gasteiger partial charge < -0.3 is 14.8 Å². The molecule has 1 unspecified atom stereocenters. The third-order valence-corrected chi connectivity index (χ3v) is 6.43. The first-order chi connectivity index (χ1) is 16.5. The number of carbonyl (C=O) groups is 2. The van der Waals surface area contributed by atoms with Gasteiger partial charge in [0.05, 0.1) is 30.8 Å². The van der Waals surface area contributed by atoms with Crippen LogP contribution in [-0.2, 0) is 20.9 Å². The number of amides is 1. The van der Waals surface area contributed by atoms with Crippen LogP contribution in [0.5, 0.6) is 5.75 Å². The number of carbonyl (C=O) groups excluding carboxylic acids is 2. The van der Waals surface area contributed by atoms with Crippen LogP contribution in [0.4, 0.5) is 0 Å². The Morgan fingerprint density at radius 1 is 1.21 bits per heavy atom. The summed E-state index contributed by atoms with van der Waals surface area (Å²) in [6.07, 6.45) is 0.530. The van der Waals surface area contributed by atoms with Crippen molar-refractivity contribution in [1.29, 1.82) is 5.26 Å². The molecule has 3 aromatic rings. The smallest absolute Gasteiger partial charge is 0.325 e. The van der Waals surface area contributed by atoms with Crippen LogP contribution >= 0.6 is 23.4 Å². The van der Waals surface area contributed by atoms with Crippen molar-refractivity contribution in [3.63, 3.8) is 0 Å². The second kappa shape index (κ2) is 12.8. The third kappa shape index (κ3) is 7.65. The molecular formula is C25H24ClN3O4S. The van der Waals surface area contributed by atoms with Crippen molar-refractivity contribution in [3.05, 3.63) is 70.9 Å². The first-order valence-electron chi connectivity index (χ1n) is 10.6. The van der Waals surface area contributed by atoms with Crippen LogP contribution < -0.4 is 10.1 Å². The van der Waals surface area contributed by atoms with E-state index in [1.165, 1.54) is 18.9 Å². The van der Waals surface area contributed by atoms with Gasteiger partial charge in [-0.1, -0.05) is 35.9 Å². The maximum absolute atomic E-state index is 11.9. The van der Waals surface area contributed by atoms with E-state index in [-0.39, 0.29) is 24.1 Å². The molecule has 1 heterocycles. The Kier molecular flexibility index (Phi) is 9.56. The van der Waals surface area contributed by atoms with Crippen LogP contribution in [0.25, 0.3) is 10.9 Å². The van der Waals surface area contributed by atoms with E-state index in [4.69, 9.17) is 16.3 Å². The normalized spacial score (nSPS) is 11.4. The van der Waals surface area contributed by atoms with Gasteiger partial charge in [-0.05, 0) is 35.9 Å². The van der Waals surface area contributed by atoms with Crippen molar-refractivity contribution in [1.82, 2.24) is 10.3 Å². The Morgan fingerprint density at radius 3 is 2.82 bits per heavy atom. The van der Waals surface area contributed by atoms with Gasteiger partial charge in [-0.25, -0.2) is 4.98 Å². The molecule has 0 bridgehead atoms. The summed E-state index contributed by atoms with van der Waals surface area (Å²) in [5, 5.41) is 13.3. The lowest BCUT2D eigenvalue weighted by atomic mass is 10.1. The maximum Gasteiger partial charge on any atom is 0.325 e. The lowest BCUT2D eigenvalue weighted by Gasteiger charge is -2.15. The Balaban J connectivity index is 1.57. The molecular weight excluding hydrogens is 474 g/mol. The molecule has 2 aromatic carbocycles. The van der Waals surface area contributed by atoms with Crippen LogP contribution in [0.2, 0.25) is 5.02 Å². The molecule has 0 fully saturated rings. The highest BCUT2D eigenvalue weighted by Gasteiger charge is 2.14. The van der Waals surface area contributed by atoms with Crippen LogP contribution in [0, 0.1) is 11.3 Å². The summed E-state index contributed by atoms with van der Waals surface area (Å²) in [6, 6.07) is 19.3. The number of methoxy groups -OCH3 is 1. The minimum atomic E-state index is -0.497. The van der Waals surface area contributed by atoms with E-state index in [2.05, 4.69) is 21.1 Å². The first kappa shape index (κ1) is 25.3. The van der Waals surface area contributed by atoms with E-state index in [1.807, 2.05) is 54.6 Å². The third-order valence-electron chi connectivity index (χ3n) is 4.91. The Bertz CT molecular complexity index is 1200. The number of halogens is 1. The fourth-order valence-electron chi connectivity index (χ4n) is 3.16. The van der Waals surface area contributed by atoms with Gasteiger partial charge in [0.2, 0.25) is 5.91 Å². The van der Waals surface area contributed by atoms with Gasteiger partial charge in [-0.2, -0.15) is 17.0 Å². The molecule has 1 amide bonds. The Labute approximate surface area is 207 Å². The number of nitriles is 1. The highest BCUT2D eigenvalue weighted by molar-refractivity contribution is 7.99. The zero-order valence-corrected chi connectivity index (χ0v) is 20.2. The predicted octanol–water partition coefficient (Wildman–Crippen LogP) is 4.83. The molecule has 0 aliphatic rings. The van der Waals surface area contributed by atoms with Crippen LogP contribution in [0.15, 0.2) is 54.6 Å². The SMILES string of the molecule is COC(=O)CNC(=O)CCSC(CC#N)c1cccc(OCc2ccc3ccc(Cl)cc3n2)c1. The van der Waals surface area contributed by atoms with Crippen molar-refractivity contribution in [2.75, 3.05) is 19.4 Å². The van der Waals surface area contributed by atoms with Crippen molar-refractivity contribution >= 4 is 46.1 Å². The monoisotopic (exact) mass is 497 g/mol. The molecule has 176 valence electrons. The number of nitrogens with zero attached hydrogens (tertiary/aromatic N) is 2. The fourth-order valence-corrected chi connectivity index (χ4v) is 4.44. The van der Waals surface area contributed by atoms with Crippen molar-refractivity contribution in [3.8, 4) is 11.8 Å². The molecule has 0 aliphatic carbocycles. The van der Waals surface area contributed by atoms with Crippen molar-refractivity contribution in [2.45, 2.75) is 24.7 Å². The summed E-state index contributed by atoms with van der Waals surface area (Å²) < 4.78 is 10.5. The summed E-state index contributed by atoms with van der Waals surface area (Å²) >= 11 is 7.58. The number of nitrogens with one attached hydrogen (secondary N) is 1. The summed E-state index contributed by atoms with van der Waals surface area (Å²) in [6.45, 7) is 0.141. The van der Waals surface area contributed by atoms with Crippen molar-refractivity contribution in [2.24, 2.45) is 0 Å². The number of benzene rings is 2. The molecule has 0 aliphatic heterocycles. The fraction of sp³-hybridized carbons (Fsp3) is 0.280. The molecule has 1 aromatic heterocycles. The molecule has 3 rings (SSSR count). The van der Waals surface area contributed by atoms with E-state index in [0.29, 0.717) is 29.6 Å². The summed E-state index contributed by atoms with van der Waals surface area (Å²) in [5.74, 6) is 0.441. The van der Waals surface area contributed by atoms with Gasteiger partial charge in [-0.3, -0.25) is 9.59 Å². The zero-order valence-electron chi connectivity index (χ0n) is 18.6. The summed E-state index contributed by atoms with van der Waals surface area (Å²) in [7, 11) is 1.27. The van der Waals surface area contributed by atoms with E-state index < -0.39 is 5.97 Å². The van der Waals surface area contributed by atoms with Crippen LogP contribution in [0.1, 0.15) is 29.3 Å². The average Bonchev–Trinajstić information content (AvgIpc) is 2.85. The highest BCUT2D eigenvalue weighted by atomic mass is 35.5. The van der Waals surface area contributed by atoms with Gasteiger partial charge in [0, 0.05) is 27.8 Å². The van der Waals surface area contributed by atoms with Gasteiger partial charge in [0.15, 0.2) is 0 Å². The number of fused-ring (bicyclic) bond motifs is 1. The molecule has 0 radical (unpaired) electrons. The topological polar surface area (TPSA) is 101 Å². The van der Waals surface area contributed by atoms with Crippen LogP contribution in [-0.4, -0.2) is 36.3 Å². The number of hydrogen-bond acceptors (Lipinski definition) is 7. The number of esters is 1. The quantitative estimate of drug-likeness (QED) is 0.378. The standard InChI is InChI=1S/C25H24ClN3O4S/c1-32-25(31)15-28-24(30)10-12-34-23(9-11-27)18-3-2-4-21(13-18)33-16-20-8-6-17-5-7-19(26)14-22(17)29-20/h2-8,13-14,23H,9-10,12,15-16H2,1H3,(H,28,30). The molecule has 1 atom stereocenters. The zero-order chi connectivity index (χ0) is 24.3. The van der Waals surface area contributed by atoms with Gasteiger partial charge in [0.1, 0.15) is 18.9 Å². The summed E-state index contributed by atoms with van der Waals surface area (Å²) in [5.41, 5.74) is 2.53. The molecule has 7 nitrogen and oxygen atoms in total. The average molecular weight is 498 g/mol. The van der Waals surface area contributed by atoms with E-state index >= 15 is 0 Å². The largest absolute Gasteiger partial charge is 0.487 e. The first-order valence-corrected chi connectivity index (χ1v) is 12.0. The maximum atomic E-state index is 11.9. The second-order valence-corrected chi connectivity index (χ2v) is 9.07. The van der Waals surface area contributed by atoms with E-state index in [0.717, 1.165) is 22.2 Å². The Morgan fingerprint density at radius 2 is 2.03 bits per heavy atom. The molecule has 1 N–H and O–H groups in total. The van der Waals surface area contributed by atoms with Crippen LogP contribution in [0.3, 0.4) is 0 Å². The lowest BCUT2D eigenvalue weighted by molar-refractivity contribution is -0.141. The molecule has 9 heteroatoms. The second-order valence-electron chi connectivity index (χ2n) is 7.33. The molecule has 0 saturated heterocycles. The minimum Gasteiger partial charge on any atom is -0.487 e. The van der Waals surface area contributed by atoms with E-state index in [1.54, 1.807) is 0 Å². The van der Waals surface area contributed by atoms with Gasteiger partial charge >= 0.3 is 5.97 Å².